The van der Waals surface area contributed by atoms with Crippen LogP contribution in [0.15, 0.2) is 12.7 Å². The number of hydrogen-bond donors (Lipinski definition) is 3. The van der Waals surface area contributed by atoms with Crippen LogP contribution in [0.4, 0.5) is 0 Å². The average molecular weight is 339 g/mol. The number of hydrogen-bond acceptors (Lipinski definition) is 5. The van der Waals surface area contributed by atoms with Crippen LogP contribution in [0, 0.1) is 40.4 Å². The van der Waals surface area contributed by atoms with Crippen molar-refractivity contribution in [3.8, 4) is 12.1 Å². The maximum atomic E-state index is 10.7. The summed E-state index contributed by atoms with van der Waals surface area (Å²) in [6.45, 7) is 10.5. The standard InChI is InChI=1S/C9H15NO2.C5H11NO2.C3H3N/c1-7(2)8(9(11)12)5-3-4-6-10;1-3(2)4(6)5(7)8;1-2-3-4/h7-8H,3-5H2,1-2H3,(H,11,12);3-4H,6H2,1-2H3,(H,7,8);2H,1H2/t8-;4-;/m00./s1. The van der Waals surface area contributed by atoms with Gasteiger partial charge in [0, 0.05) is 12.5 Å². The van der Waals surface area contributed by atoms with Gasteiger partial charge in [-0.3, -0.25) is 9.59 Å². The van der Waals surface area contributed by atoms with Crippen molar-refractivity contribution < 1.29 is 19.8 Å². The summed E-state index contributed by atoms with van der Waals surface area (Å²) in [5.41, 5.74) is 5.16. The molecule has 0 amide bonds. The van der Waals surface area contributed by atoms with Gasteiger partial charge >= 0.3 is 11.9 Å². The van der Waals surface area contributed by atoms with E-state index in [1.165, 1.54) is 6.08 Å². The van der Waals surface area contributed by atoms with Gasteiger partial charge in [-0.25, -0.2) is 0 Å². The molecular weight excluding hydrogens is 310 g/mol. The molecule has 0 saturated carbocycles. The van der Waals surface area contributed by atoms with Crippen LogP contribution in [0.2, 0.25) is 0 Å². The molecule has 0 aromatic heterocycles. The van der Waals surface area contributed by atoms with Crippen molar-refractivity contribution in [1.29, 1.82) is 10.5 Å². The summed E-state index contributed by atoms with van der Waals surface area (Å²) in [5, 5.41) is 32.8. The topological polar surface area (TPSA) is 148 Å². The minimum Gasteiger partial charge on any atom is -0.481 e. The lowest BCUT2D eigenvalue weighted by molar-refractivity contribution is -0.143. The van der Waals surface area contributed by atoms with Gasteiger partial charge in [0.25, 0.3) is 0 Å². The van der Waals surface area contributed by atoms with Gasteiger partial charge in [-0.05, 0) is 24.7 Å². The molecule has 0 radical (unpaired) electrons. The van der Waals surface area contributed by atoms with Crippen molar-refractivity contribution in [2.45, 2.75) is 53.0 Å². The molecular formula is C17H29N3O4. The second-order valence-corrected chi connectivity index (χ2v) is 5.68. The fourth-order valence-electron chi connectivity index (χ4n) is 1.43. The summed E-state index contributed by atoms with van der Waals surface area (Å²) >= 11 is 0. The molecule has 0 aromatic carbocycles. The second-order valence-electron chi connectivity index (χ2n) is 5.68. The smallest absolute Gasteiger partial charge is 0.320 e. The molecule has 0 unspecified atom stereocenters. The minimum atomic E-state index is -0.931. The first kappa shape index (κ1) is 26.5. The Bertz CT molecular complexity index is 448. The van der Waals surface area contributed by atoms with Crippen LogP contribution in [0.5, 0.6) is 0 Å². The van der Waals surface area contributed by atoms with E-state index in [-0.39, 0.29) is 17.8 Å². The summed E-state index contributed by atoms with van der Waals surface area (Å²) < 4.78 is 0. The van der Waals surface area contributed by atoms with Crippen molar-refractivity contribution in [1.82, 2.24) is 0 Å². The molecule has 0 saturated heterocycles. The van der Waals surface area contributed by atoms with Crippen LogP contribution in [0.25, 0.3) is 0 Å². The van der Waals surface area contributed by atoms with Gasteiger partial charge in [0.2, 0.25) is 0 Å². The predicted octanol–water partition coefficient (Wildman–Crippen LogP) is 2.79. The summed E-state index contributed by atoms with van der Waals surface area (Å²) in [6.07, 6.45) is 2.93. The average Bonchev–Trinajstić information content (AvgIpc) is 2.50. The number of aliphatic carboxylic acids is 2. The lowest BCUT2D eigenvalue weighted by atomic mass is 9.91. The lowest BCUT2D eigenvalue weighted by Gasteiger charge is -2.14. The molecule has 0 fully saturated rings. The molecule has 24 heavy (non-hydrogen) atoms. The summed E-state index contributed by atoms with van der Waals surface area (Å²) in [6, 6.07) is 2.99. The molecule has 0 spiro atoms. The van der Waals surface area contributed by atoms with Crippen LogP contribution in [-0.2, 0) is 9.59 Å². The van der Waals surface area contributed by atoms with Gasteiger partial charge < -0.3 is 15.9 Å². The fraction of sp³-hybridized carbons (Fsp3) is 0.647. The Kier molecular flexibility index (Phi) is 18.8. The van der Waals surface area contributed by atoms with Gasteiger partial charge in [-0.1, -0.05) is 34.3 Å². The Morgan fingerprint density at radius 1 is 1.12 bits per heavy atom. The van der Waals surface area contributed by atoms with E-state index in [4.69, 9.17) is 26.5 Å². The van der Waals surface area contributed by atoms with E-state index in [0.717, 1.165) is 0 Å². The highest BCUT2D eigenvalue weighted by molar-refractivity contribution is 5.73. The van der Waals surface area contributed by atoms with Crippen LogP contribution in [0.1, 0.15) is 47.0 Å². The largest absolute Gasteiger partial charge is 0.481 e. The molecule has 136 valence electrons. The van der Waals surface area contributed by atoms with E-state index in [0.29, 0.717) is 19.3 Å². The first-order chi connectivity index (χ1) is 11.1. The third-order valence-corrected chi connectivity index (χ3v) is 3.02. The van der Waals surface area contributed by atoms with Crippen LogP contribution < -0.4 is 5.73 Å². The predicted molar refractivity (Wildman–Crippen MR) is 91.7 cm³/mol. The van der Waals surface area contributed by atoms with Crippen LogP contribution in [0.3, 0.4) is 0 Å². The van der Waals surface area contributed by atoms with E-state index in [2.05, 4.69) is 6.58 Å². The molecule has 0 bridgehead atoms. The molecule has 0 aromatic rings. The van der Waals surface area contributed by atoms with Gasteiger partial charge in [-0.2, -0.15) is 10.5 Å². The quantitative estimate of drug-likeness (QED) is 0.477. The molecule has 0 rings (SSSR count). The monoisotopic (exact) mass is 339 g/mol. The zero-order chi connectivity index (χ0) is 19.7. The van der Waals surface area contributed by atoms with E-state index >= 15 is 0 Å². The Labute approximate surface area is 144 Å². The molecule has 0 aliphatic carbocycles. The Hall–Kier alpha value is -2.38. The molecule has 7 heteroatoms. The highest BCUT2D eigenvalue weighted by atomic mass is 16.4. The van der Waals surface area contributed by atoms with Gasteiger partial charge in [0.05, 0.1) is 18.1 Å². The number of carboxylic acid groups (broad SMARTS) is 2. The third-order valence-electron chi connectivity index (χ3n) is 3.02. The van der Waals surface area contributed by atoms with Crippen molar-refractivity contribution >= 4 is 11.9 Å². The maximum absolute atomic E-state index is 10.7. The highest BCUT2D eigenvalue weighted by Crippen LogP contribution is 2.17. The molecule has 0 heterocycles. The van der Waals surface area contributed by atoms with Crippen molar-refractivity contribution in [2.75, 3.05) is 0 Å². The van der Waals surface area contributed by atoms with Crippen molar-refractivity contribution in [3.63, 3.8) is 0 Å². The fourth-order valence-corrected chi connectivity index (χ4v) is 1.43. The Morgan fingerprint density at radius 3 is 1.75 bits per heavy atom. The van der Waals surface area contributed by atoms with E-state index in [1.807, 2.05) is 19.9 Å². The second kappa shape index (κ2) is 17.0. The summed E-state index contributed by atoms with van der Waals surface area (Å²) in [5.74, 6) is -1.80. The zero-order valence-corrected chi connectivity index (χ0v) is 14.9. The summed E-state index contributed by atoms with van der Waals surface area (Å²) in [4.78, 5) is 20.7. The minimum absolute atomic E-state index is 0.0208. The molecule has 2 atom stereocenters. The van der Waals surface area contributed by atoms with Crippen molar-refractivity contribution in [3.05, 3.63) is 12.7 Å². The number of nitrogens with zero attached hydrogens (tertiary/aromatic N) is 2. The van der Waals surface area contributed by atoms with Crippen molar-refractivity contribution in [2.24, 2.45) is 23.5 Å². The lowest BCUT2D eigenvalue weighted by Crippen LogP contribution is -2.34. The first-order valence-electron chi connectivity index (χ1n) is 7.65. The highest BCUT2D eigenvalue weighted by Gasteiger charge is 2.20. The number of unbranched alkanes of at least 4 members (excludes halogenated alkanes) is 1. The Morgan fingerprint density at radius 2 is 1.58 bits per heavy atom. The van der Waals surface area contributed by atoms with Crippen LogP contribution in [-0.4, -0.2) is 28.2 Å². The number of carboxylic acids is 2. The summed E-state index contributed by atoms with van der Waals surface area (Å²) in [7, 11) is 0. The molecule has 7 nitrogen and oxygen atoms in total. The maximum Gasteiger partial charge on any atom is 0.320 e. The van der Waals surface area contributed by atoms with E-state index in [9.17, 15) is 9.59 Å². The van der Waals surface area contributed by atoms with Gasteiger partial charge in [-0.15, -0.1) is 0 Å². The zero-order valence-electron chi connectivity index (χ0n) is 14.9. The van der Waals surface area contributed by atoms with E-state index in [1.54, 1.807) is 19.9 Å². The number of allylic oxidation sites excluding steroid dienone is 1. The number of nitrogens with two attached hydrogens (primary N) is 1. The van der Waals surface area contributed by atoms with Gasteiger partial charge in [0.15, 0.2) is 0 Å². The van der Waals surface area contributed by atoms with E-state index < -0.39 is 18.0 Å². The molecule has 0 aliphatic heterocycles. The Balaban J connectivity index is -0.000000316. The normalized spacial score (nSPS) is 11.5. The third kappa shape index (κ3) is 17.7. The molecule has 0 aliphatic rings. The number of carbonyl (C=O) groups is 2. The number of rotatable bonds is 7. The first-order valence-corrected chi connectivity index (χ1v) is 7.65. The SMILES string of the molecule is C=CC#N.CC(C)[C@H](CCCC#N)C(=O)O.CC(C)[C@H](N)C(=O)O. The van der Waals surface area contributed by atoms with Crippen LogP contribution >= 0.6 is 0 Å². The molecule has 4 N–H and O–H groups in total. The van der Waals surface area contributed by atoms with Gasteiger partial charge in [0.1, 0.15) is 6.04 Å². The number of nitriles is 2.